The number of carbonyl (C=O) groups is 3. The van der Waals surface area contributed by atoms with Gasteiger partial charge in [0, 0.05) is 30.6 Å². The van der Waals surface area contributed by atoms with Gasteiger partial charge in [-0.1, -0.05) is 43.5 Å². The van der Waals surface area contributed by atoms with E-state index in [1.807, 2.05) is 23.4 Å². The summed E-state index contributed by atoms with van der Waals surface area (Å²) in [6, 6.07) is 13.9. The number of hydrogen-bond donors (Lipinski definition) is 5. The first kappa shape index (κ1) is 36.1. The number of alkyl carbamates (subject to hydrolysis) is 1. The van der Waals surface area contributed by atoms with Crippen LogP contribution in [0.3, 0.4) is 0 Å². The quantitative estimate of drug-likeness (QED) is 0.0952. The fourth-order valence-corrected chi connectivity index (χ4v) is 7.85. The molecule has 5 N–H and O–H groups in total. The molecule has 13 heteroatoms. The molecular formula is C40H49N9O4. The van der Waals surface area contributed by atoms with E-state index in [-0.39, 0.29) is 23.8 Å². The summed E-state index contributed by atoms with van der Waals surface area (Å²) in [4.78, 5) is 61.0. The Labute approximate surface area is 309 Å². The second-order valence-corrected chi connectivity index (χ2v) is 14.3. The summed E-state index contributed by atoms with van der Waals surface area (Å²) in [6.07, 6.45) is 12.6. The van der Waals surface area contributed by atoms with Gasteiger partial charge in [0.2, 0.25) is 11.8 Å². The highest BCUT2D eigenvalue weighted by Gasteiger charge is 2.40. The Balaban J connectivity index is 1.03. The Morgan fingerprint density at radius 1 is 0.925 bits per heavy atom. The van der Waals surface area contributed by atoms with Crippen molar-refractivity contribution in [1.82, 2.24) is 45.8 Å². The maximum absolute atomic E-state index is 14.0. The molecule has 0 radical (unpaired) electrons. The summed E-state index contributed by atoms with van der Waals surface area (Å²) in [5.74, 6) is 1.73. The van der Waals surface area contributed by atoms with Gasteiger partial charge in [-0.2, -0.15) is 0 Å². The Morgan fingerprint density at radius 2 is 1.72 bits per heavy atom. The number of fused-ring (bicyclic) bond motifs is 2. The monoisotopic (exact) mass is 719 g/mol. The zero-order valence-corrected chi connectivity index (χ0v) is 30.5. The Hall–Kier alpha value is -5.30. The van der Waals surface area contributed by atoms with E-state index in [0.717, 1.165) is 120 Å². The summed E-state index contributed by atoms with van der Waals surface area (Å²) in [5.41, 5.74) is 5.47. The molecule has 2 unspecified atom stereocenters. The van der Waals surface area contributed by atoms with Gasteiger partial charge in [0.15, 0.2) is 0 Å². The number of nitrogens with one attached hydrogen (secondary N) is 5. The Kier molecular flexibility index (Phi) is 11.3. The van der Waals surface area contributed by atoms with E-state index < -0.39 is 12.1 Å². The van der Waals surface area contributed by atoms with Gasteiger partial charge >= 0.3 is 6.09 Å². The number of rotatable bonds is 13. The third-order valence-electron chi connectivity index (χ3n) is 10.7. The first-order valence-corrected chi connectivity index (χ1v) is 18.9. The molecule has 2 aromatic carbocycles. The van der Waals surface area contributed by atoms with Crippen LogP contribution in [-0.4, -0.2) is 87.6 Å². The third kappa shape index (κ3) is 8.35. The third-order valence-corrected chi connectivity index (χ3v) is 10.7. The smallest absolute Gasteiger partial charge is 0.407 e. The van der Waals surface area contributed by atoms with Crippen molar-refractivity contribution in [3.8, 4) is 22.5 Å². The number of ether oxygens (including phenoxy) is 1. The molecule has 3 amide bonds. The van der Waals surface area contributed by atoms with Crippen molar-refractivity contribution >= 4 is 39.7 Å². The largest absolute Gasteiger partial charge is 0.453 e. The SMILES string of the molecule is CNCC(=O)NCCCCc1ncc(-c2ccc3cc(-c4cc5nc(C6CCCN6C(=O)C(NC(=O)OC)C6CCCCC6)[nH]c5cn4)ccc3c2)[nH]1. The molecule has 1 saturated carbocycles. The number of nitrogens with zero attached hydrogens (tertiary/aromatic N) is 4. The number of aromatic nitrogens is 5. The number of likely N-dealkylation sites (tertiary alicyclic amines) is 1. The van der Waals surface area contributed by atoms with Crippen molar-refractivity contribution in [1.29, 1.82) is 0 Å². The number of aromatic amines is 2. The summed E-state index contributed by atoms with van der Waals surface area (Å²) < 4.78 is 4.90. The lowest BCUT2D eigenvalue weighted by Crippen LogP contribution is -2.52. The first-order valence-electron chi connectivity index (χ1n) is 18.9. The molecule has 1 aliphatic heterocycles. The lowest BCUT2D eigenvalue weighted by Gasteiger charge is -2.34. The van der Waals surface area contributed by atoms with E-state index in [1.54, 1.807) is 7.05 Å². The number of imidazole rings is 2. The van der Waals surface area contributed by atoms with Crippen molar-refractivity contribution in [3.63, 3.8) is 0 Å². The molecule has 4 heterocycles. The zero-order valence-electron chi connectivity index (χ0n) is 30.5. The molecule has 0 spiro atoms. The number of H-pyrrole nitrogens is 2. The summed E-state index contributed by atoms with van der Waals surface area (Å²) in [5, 5.41) is 10.8. The second-order valence-electron chi connectivity index (χ2n) is 14.3. The molecular weight excluding hydrogens is 670 g/mol. The molecule has 7 rings (SSSR count). The van der Waals surface area contributed by atoms with Gasteiger partial charge in [0.1, 0.15) is 17.7 Å². The van der Waals surface area contributed by atoms with Gasteiger partial charge < -0.3 is 35.6 Å². The summed E-state index contributed by atoms with van der Waals surface area (Å²) in [6.45, 7) is 1.61. The van der Waals surface area contributed by atoms with Gasteiger partial charge in [0.05, 0.1) is 54.5 Å². The minimum atomic E-state index is -0.604. The number of unbranched alkanes of at least 4 members (excludes halogenated alkanes) is 1. The highest BCUT2D eigenvalue weighted by molar-refractivity contribution is 5.91. The van der Waals surface area contributed by atoms with Crippen molar-refractivity contribution in [2.75, 3.05) is 33.8 Å². The van der Waals surface area contributed by atoms with Crippen LogP contribution in [0.15, 0.2) is 54.9 Å². The lowest BCUT2D eigenvalue weighted by atomic mass is 9.83. The van der Waals surface area contributed by atoms with E-state index in [2.05, 4.69) is 67.3 Å². The van der Waals surface area contributed by atoms with Crippen molar-refractivity contribution in [3.05, 3.63) is 66.5 Å². The van der Waals surface area contributed by atoms with Crippen LogP contribution in [-0.2, 0) is 20.7 Å². The molecule has 2 atom stereocenters. The maximum atomic E-state index is 14.0. The van der Waals surface area contributed by atoms with E-state index in [1.165, 1.54) is 7.11 Å². The van der Waals surface area contributed by atoms with Gasteiger partial charge in [-0.3, -0.25) is 14.6 Å². The fraction of sp³-hybridized carbons (Fsp3) is 0.450. The lowest BCUT2D eigenvalue weighted by molar-refractivity contribution is -0.136. The number of aryl methyl sites for hydroxylation is 1. The molecule has 1 aliphatic carbocycles. The summed E-state index contributed by atoms with van der Waals surface area (Å²) in [7, 11) is 3.09. The molecule has 5 aromatic rings. The number of amides is 3. The molecule has 1 saturated heterocycles. The van der Waals surface area contributed by atoms with E-state index in [4.69, 9.17) is 14.7 Å². The highest BCUT2D eigenvalue weighted by Crippen LogP contribution is 2.35. The molecule has 13 nitrogen and oxygen atoms in total. The van der Waals surface area contributed by atoms with Crippen LogP contribution in [0.25, 0.3) is 44.3 Å². The van der Waals surface area contributed by atoms with E-state index >= 15 is 0 Å². The second kappa shape index (κ2) is 16.6. The molecule has 0 bridgehead atoms. The topological polar surface area (TPSA) is 170 Å². The predicted molar refractivity (Wildman–Crippen MR) is 204 cm³/mol. The number of hydrogen-bond acceptors (Lipinski definition) is 8. The van der Waals surface area contributed by atoms with Crippen LogP contribution in [0.4, 0.5) is 4.79 Å². The highest BCUT2D eigenvalue weighted by atomic mass is 16.5. The van der Waals surface area contributed by atoms with Crippen molar-refractivity contribution in [2.24, 2.45) is 5.92 Å². The first-order chi connectivity index (χ1) is 25.9. The number of methoxy groups -OCH3 is 1. The minimum absolute atomic E-state index is 0.0122. The average Bonchev–Trinajstić information content (AvgIpc) is 3.96. The van der Waals surface area contributed by atoms with Crippen LogP contribution < -0.4 is 16.0 Å². The molecule has 278 valence electrons. The standard InChI is InChI=1S/C40H49N9O4/c1-41-24-36(50)42-17-7-6-12-35-44-22-32(45-35)29-16-14-26-19-28(15-13-27(26)20-29)30-21-31-33(23-43-30)47-38(46-31)34-11-8-18-49(34)39(51)37(48-40(52)53-2)25-9-4-3-5-10-25/h13-16,19-23,25,34,37,41H,3-12,17-18,24H2,1-2H3,(H,42,50)(H,44,45)(H,46,47)(H,48,52). The molecule has 2 fully saturated rings. The number of pyridine rings is 1. The van der Waals surface area contributed by atoms with E-state index in [9.17, 15) is 14.4 Å². The van der Waals surface area contributed by atoms with Gasteiger partial charge in [-0.15, -0.1) is 0 Å². The fourth-order valence-electron chi connectivity index (χ4n) is 7.85. The Bertz CT molecular complexity index is 2070. The number of benzene rings is 2. The Morgan fingerprint density at radius 3 is 2.51 bits per heavy atom. The van der Waals surface area contributed by atoms with Crippen molar-refractivity contribution < 1.29 is 19.1 Å². The predicted octanol–water partition coefficient (Wildman–Crippen LogP) is 5.79. The van der Waals surface area contributed by atoms with Crippen molar-refractivity contribution in [2.45, 2.75) is 76.3 Å². The van der Waals surface area contributed by atoms with Crippen LogP contribution in [0.2, 0.25) is 0 Å². The zero-order chi connectivity index (χ0) is 36.7. The molecule has 53 heavy (non-hydrogen) atoms. The van der Waals surface area contributed by atoms with Crippen LogP contribution >= 0.6 is 0 Å². The number of likely N-dealkylation sites (N-methyl/N-ethyl adjacent to an activating group) is 1. The van der Waals surface area contributed by atoms with Crippen LogP contribution in [0, 0.1) is 5.92 Å². The van der Waals surface area contributed by atoms with Gasteiger partial charge in [0.25, 0.3) is 0 Å². The normalized spacial score (nSPS) is 16.9. The van der Waals surface area contributed by atoms with Crippen LogP contribution in [0.5, 0.6) is 0 Å². The van der Waals surface area contributed by atoms with E-state index in [0.29, 0.717) is 19.6 Å². The summed E-state index contributed by atoms with van der Waals surface area (Å²) >= 11 is 0. The maximum Gasteiger partial charge on any atom is 0.407 e. The number of carbonyl (C=O) groups excluding carboxylic acids is 3. The van der Waals surface area contributed by atoms with Crippen LogP contribution in [0.1, 0.15) is 75.5 Å². The molecule has 2 aliphatic rings. The van der Waals surface area contributed by atoms with Gasteiger partial charge in [-0.25, -0.2) is 14.8 Å². The molecule has 3 aromatic heterocycles. The van der Waals surface area contributed by atoms with Gasteiger partial charge in [-0.05, 0) is 80.5 Å². The average molecular weight is 720 g/mol. The minimum Gasteiger partial charge on any atom is -0.453 e.